The minimum absolute atomic E-state index is 0.0173. The predicted molar refractivity (Wildman–Crippen MR) is 110 cm³/mol. The zero-order valence-corrected chi connectivity index (χ0v) is 17.7. The first kappa shape index (κ1) is 20.8. The van der Waals surface area contributed by atoms with Gasteiger partial charge in [0, 0.05) is 16.2 Å². The number of carbonyl (C=O) groups is 1. The third-order valence-electron chi connectivity index (χ3n) is 3.88. The molecule has 29 heavy (non-hydrogen) atoms. The number of hydrogen-bond donors (Lipinski definition) is 1. The van der Waals surface area contributed by atoms with Gasteiger partial charge in [-0.05, 0) is 54.6 Å². The fraction of sp³-hybridized carbons (Fsp3) is 0.100. The van der Waals surface area contributed by atoms with Crippen molar-refractivity contribution >= 4 is 31.9 Å². The van der Waals surface area contributed by atoms with Crippen LogP contribution in [-0.2, 0) is 16.6 Å². The number of nitrogens with zero attached hydrogens (tertiary/aromatic N) is 1. The van der Waals surface area contributed by atoms with Crippen LogP contribution in [0.2, 0.25) is 0 Å². The molecule has 2 aromatic carbocycles. The number of carbonyl (C=O) groups excluding carboxylic acids is 1. The van der Waals surface area contributed by atoms with Crippen molar-refractivity contribution < 1.29 is 22.7 Å². The monoisotopic (exact) mass is 476 g/mol. The number of aromatic nitrogens is 1. The lowest BCUT2D eigenvalue weighted by Crippen LogP contribution is -2.30. The number of halogens is 1. The van der Waals surface area contributed by atoms with E-state index in [1.165, 1.54) is 31.4 Å². The molecule has 0 aliphatic carbocycles. The largest absolute Gasteiger partial charge is 0.493 e. The first-order valence-electron chi connectivity index (χ1n) is 8.42. The average molecular weight is 477 g/mol. The topological polar surface area (TPSA) is 94.6 Å². The van der Waals surface area contributed by atoms with E-state index in [2.05, 4.69) is 20.9 Å². The molecule has 3 rings (SSSR count). The Morgan fingerprint density at radius 2 is 1.83 bits per heavy atom. The first-order chi connectivity index (χ1) is 13.9. The van der Waals surface area contributed by atoms with Crippen molar-refractivity contribution in [3.63, 3.8) is 0 Å². The normalized spacial score (nSPS) is 11.0. The fourth-order valence-corrected chi connectivity index (χ4v) is 3.66. The summed E-state index contributed by atoms with van der Waals surface area (Å²) in [5, 5.41) is 0. The number of rotatable bonds is 7. The standard InChI is InChI=1S/C20H17BrN2O5S/c1-27-19-12-14(5-10-18(19)28-13-16-4-2-3-11-22-16)20(24)23-29(25,26)17-8-6-15(21)7-9-17/h2-12H,13H2,1H3,(H,23,24). The van der Waals surface area contributed by atoms with Crippen LogP contribution in [0.5, 0.6) is 11.5 Å². The van der Waals surface area contributed by atoms with Crippen molar-refractivity contribution in [3.8, 4) is 11.5 Å². The first-order valence-corrected chi connectivity index (χ1v) is 10.7. The van der Waals surface area contributed by atoms with Crippen molar-refractivity contribution in [1.82, 2.24) is 9.71 Å². The zero-order valence-electron chi connectivity index (χ0n) is 15.3. The fourth-order valence-electron chi connectivity index (χ4n) is 2.42. The molecule has 0 spiro atoms. The van der Waals surface area contributed by atoms with Crippen molar-refractivity contribution in [1.29, 1.82) is 0 Å². The molecule has 9 heteroatoms. The quantitative estimate of drug-likeness (QED) is 0.560. The highest BCUT2D eigenvalue weighted by Gasteiger charge is 2.20. The number of nitrogens with one attached hydrogen (secondary N) is 1. The van der Waals surface area contributed by atoms with Gasteiger partial charge in [0.15, 0.2) is 11.5 Å². The molecule has 0 aliphatic heterocycles. The van der Waals surface area contributed by atoms with E-state index < -0.39 is 15.9 Å². The molecule has 0 radical (unpaired) electrons. The summed E-state index contributed by atoms with van der Waals surface area (Å²) in [6, 6.07) is 15.9. The van der Waals surface area contributed by atoms with Gasteiger partial charge in [-0.1, -0.05) is 22.0 Å². The summed E-state index contributed by atoms with van der Waals surface area (Å²) in [6.07, 6.45) is 1.66. The molecule has 3 aromatic rings. The molecule has 7 nitrogen and oxygen atoms in total. The minimum Gasteiger partial charge on any atom is -0.493 e. The van der Waals surface area contributed by atoms with Crippen LogP contribution in [0.25, 0.3) is 0 Å². The third-order valence-corrected chi connectivity index (χ3v) is 5.75. The van der Waals surface area contributed by atoms with Crippen LogP contribution in [0.3, 0.4) is 0 Å². The van der Waals surface area contributed by atoms with Crippen LogP contribution in [0.1, 0.15) is 16.1 Å². The Morgan fingerprint density at radius 3 is 2.48 bits per heavy atom. The molecule has 1 amide bonds. The molecule has 0 unspecified atom stereocenters. The zero-order chi connectivity index (χ0) is 20.9. The second kappa shape index (κ2) is 9.06. The molecular weight excluding hydrogens is 460 g/mol. The van der Waals surface area contributed by atoms with E-state index in [-0.39, 0.29) is 17.1 Å². The van der Waals surface area contributed by atoms with Crippen molar-refractivity contribution in [2.24, 2.45) is 0 Å². The Hall–Kier alpha value is -2.91. The third kappa shape index (κ3) is 5.33. The van der Waals surface area contributed by atoms with Gasteiger partial charge in [-0.3, -0.25) is 9.78 Å². The van der Waals surface area contributed by atoms with E-state index in [9.17, 15) is 13.2 Å². The van der Waals surface area contributed by atoms with Gasteiger partial charge in [-0.25, -0.2) is 13.1 Å². The maximum Gasteiger partial charge on any atom is 0.265 e. The van der Waals surface area contributed by atoms with Gasteiger partial charge in [0.2, 0.25) is 0 Å². The van der Waals surface area contributed by atoms with Crippen LogP contribution in [0.4, 0.5) is 0 Å². The van der Waals surface area contributed by atoms with Gasteiger partial charge in [0.25, 0.3) is 15.9 Å². The van der Waals surface area contributed by atoms with Crippen molar-refractivity contribution in [2.75, 3.05) is 7.11 Å². The van der Waals surface area contributed by atoms with Crippen molar-refractivity contribution in [2.45, 2.75) is 11.5 Å². The van der Waals surface area contributed by atoms with Gasteiger partial charge in [-0.15, -0.1) is 0 Å². The minimum atomic E-state index is -4.00. The molecule has 1 N–H and O–H groups in total. The van der Waals surface area contributed by atoms with E-state index in [4.69, 9.17) is 9.47 Å². The summed E-state index contributed by atoms with van der Waals surface area (Å²) in [7, 11) is -2.57. The molecule has 0 fully saturated rings. The van der Waals surface area contributed by atoms with Crippen LogP contribution >= 0.6 is 15.9 Å². The summed E-state index contributed by atoms with van der Waals surface area (Å²) in [6.45, 7) is 0.223. The number of methoxy groups -OCH3 is 1. The Kier molecular flexibility index (Phi) is 6.50. The van der Waals surface area contributed by atoms with E-state index in [1.807, 2.05) is 16.9 Å². The number of sulfonamides is 1. The molecule has 1 heterocycles. The maximum absolute atomic E-state index is 12.5. The second-order valence-electron chi connectivity index (χ2n) is 5.86. The summed E-state index contributed by atoms with van der Waals surface area (Å²) >= 11 is 3.24. The molecule has 1 aromatic heterocycles. The molecule has 0 atom stereocenters. The number of amides is 1. The molecule has 150 valence electrons. The number of benzene rings is 2. The smallest absolute Gasteiger partial charge is 0.265 e. The number of hydrogen-bond acceptors (Lipinski definition) is 6. The molecule has 0 bridgehead atoms. The highest BCUT2D eigenvalue weighted by molar-refractivity contribution is 9.10. The summed E-state index contributed by atoms with van der Waals surface area (Å²) in [4.78, 5) is 16.6. The number of ether oxygens (including phenoxy) is 2. The molecule has 0 saturated carbocycles. The Morgan fingerprint density at radius 1 is 1.07 bits per heavy atom. The van der Waals surface area contributed by atoms with E-state index in [1.54, 1.807) is 30.5 Å². The van der Waals surface area contributed by atoms with E-state index in [0.717, 1.165) is 10.2 Å². The summed E-state index contributed by atoms with van der Waals surface area (Å²) in [5.74, 6) is -0.0671. The van der Waals surface area contributed by atoms with Gasteiger partial charge >= 0.3 is 0 Å². The summed E-state index contributed by atoms with van der Waals surface area (Å²) < 4.78 is 38.5. The van der Waals surface area contributed by atoms with Gasteiger partial charge in [-0.2, -0.15) is 0 Å². The summed E-state index contributed by atoms with van der Waals surface area (Å²) in [5.41, 5.74) is 0.852. The molecule has 0 saturated heterocycles. The van der Waals surface area contributed by atoms with E-state index in [0.29, 0.717) is 11.5 Å². The Bertz CT molecular complexity index is 1100. The second-order valence-corrected chi connectivity index (χ2v) is 8.46. The van der Waals surface area contributed by atoms with Gasteiger partial charge in [0.1, 0.15) is 6.61 Å². The highest BCUT2D eigenvalue weighted by atomic mass is 79.9. The SMILES string of the molecule is COc1cc(C(=O)NS(=O)(=O)c2ccc(Br)cc2)ccc1OCc1ccccn1. The van der Waals surface area contributed by atoms with Crippen molar-refractivity contribution in [3.05, 3.63) is 82.6 Å². The molecule has 0 aliphatic rings. The number of pyridine rings is 1. The lowest BCUT2D eigenvalue weighted by atomic mass is 10.2. The van der Waals surface area contributed by atoms with Crippen LogP contribution in [-0.4, -0.2) is 26.4 Å². The van der Waals surface area contributed by atoms with Crippen LogP contribution in [0, 0.1) is 0 Å². The van der Waals surface area contributed by atoms with Crippen LogP contribution in [0.15, 0.2) is 76.2 Å². The Balaban J connectivity index is 1.74. The van der Waals surface area contributed by atoms with E-state index >= 15 is 0 Å². The molecular formula is C20H17BrN2O5S. The lowest BCUT2D eigenvalue weighted by molar-refractivity contribution is 0.0981. The predicted octanol–water partition coefficient (Wildman–Crippen LogP) is 3.55. The van der Waals surface area contributed by atoms with Gasteiger partial charge < -0.3 is 9.47 Å². The highest BCUT2D eigenvalue weighted by Crippen LogP contribution is 2.29. The van der Waals surface area contributed by atoms with Gasteiger partial charge in [0.05, 0.1) is 17.7 Å². The average Bonchev–Trinajstić information content (AvgIpc) is 2.73. The van der Waals surface area contributed by atoms with Crippen LogP contribution < -0.4 is 14.2 Å². The Labute approximate surface area is 176 Å². The lowest BCUT2D eigenvalue weighted by Gasteiger charge is -2.12. The maximum atomic E-state index is 12.5.